The van der Waals surface area contributed by atoms with Gasteiger partial charge in [-0.2, -0.15) is 5.10 Å². The van der Waals surface area contributed by atoms with Gasteiger partial charge in [-0.15, -0.1) is 0 Å². The summed E-state index contributed by atoms with van der Waals surface area (Å²) < 4.78 is 7.14. The first-order chi connectivity index (χ1) is 8.54. The molecule has 100 valence electrons. The van der Waals surface area contributed by atoms with Crippen LogP contribution in [-0.4, -0.2) is 42.0 Å². The quantitative estimate of drug-likeness (QED) is 0.717. The standard InChI is InChI=1S/C10H16BrN5O2/c1-18-4-5-2-6(3-14-5)16-9(12)7(10(13)17)8(11)15-16/h5-6,14H,2-4,12H2,1H3,(H2,13,17)/t5-,6+/m1/s1. The van der Waals surface area contributed by atoms with E-state index in [0.29, 0.717) is 17.0 Å². The average molecular weight is 318 g/mol. The van der Waals surface area contributed by atoms with Crippen molar-refractivity contribution >= 4 is 27.7 Å². The number of anilines is 1. The van der Waals surface area contributed by atoms with Crippen LogP contribution in [0.15, 0.2) is 4.60 Å². The number of halogens is 1. The summed E-state index contributed by atoms with van der Waals surface area (Å²) in [6, 6.07) is 0.383. The van der Waals surface area contributed by atoms with Crippen LogP contribution in [0.5, 0.6) is 0 Å². The Morgan fingerprint density at radius 3 is 3.00 bits per heavy atom. The van der Waals surface area contributed by atoms with E-state index >= 15 is 0 Å². The molecular weight excluding hydrogens is 302 g/mol. The molecule has 0 spiro atoms. The van der Waals surface area contributed by atoms with Crippen LogP contribution < -0.4 is 16.8 Å². The summed E-state index contributed by atoms with van der Waals surface area (Å²) in [6.45, 7) is 1.38. The molecule has 2 atom stereocenters. The molecule has 7 nitrogen and oxygen atoms in total. The summed E-state index contributed by atoms with van der Waals surface area (Å²) in [5, 5.41) is 7.55. The monoisotopic (exact) mass is 317 g/mol. The molecule has 0 unspecified atom stereocenters. The zero-order chi connectivity index (χ0) is 13.3. The highest BCUT2D eigenvalue weighted by atomic mass is 79.9. The Morgan fingerprint density at radius 1 is 1.72 bits per heavy atom. The molecule has 1 aromatic heterocycles. The maximum Gasteiger partial charge on any atom is 0.255 e. The van der Waals surface area contributed by atoms with E-state index in [9.17, 15) is 4.79 Å². The number of nitrogens with two attached hydrogens (primary N) is 2. The molecule has 1 aromatic rings. The molecule has 0 bridgehead atoms. The number of nitrogens with zero attached hydrogens (tertiary/aromatic N) is 2. The van der Waals surface area contributed by atoms with E-state index in [4.69, 9.17) is 16.2 Å². The molecule has 0 saturated carbocycles. The fourth-order valence-electron chi connectivity index (χ4n) is 2.24. The third kappa shape index (κ3) is 2.36. The van der Waals surface area contributed by atoms with Gasteiger partial charge in [0.1, 0.15) is 16.0 Å². The van der Waals surface area contributed by atoms with Crippen molar-refractivity contribution in [3.63, 3.8) is 0 Å². The summed E-state index contributed by atoms with van der Waals surface area (Å²) in [5.74, 6) is -0.274. The number of hydrogen-bond donors (Lipinski definition) is 3. The van der Waals surface area contributed by atoms with Crippen LogP contribution >= 0.6 is 15.9 Å². The van der Waals surface area contributed by atoms with E-state index in [2.05, 4.69) is 26.3 Å². The molecule has 8 heteroatoms. The molecule has 0 aliphatic carbocycles. The first kappa shape index (κ1) is 13.3. The predicted octanol–water partition coefficient (Wildman–Crippen LogP) is -0.124. The SMILES string of the molecule is COC[C@H]1C[C@H](n2nc(Br)c(C(N)=O)c2N)CN1. The molecule has 1 saturated heterocycles. The Bertz CT molecular complexity index is 461. The number of primary amides is 1. The van der Waals surface area contributed by atoms with Crippen molar-refractivity contribution in [3.05, 3.63) is 10.2 Å². The van der Waals surface area contributed by atoms with E-state index in [0.717, 1.165) is 13.0 Å². The summed E-state index contributed by atoms with van der Waals surface area (Å²) in [4.78, 5) is 11.3. The molecule has 0 radical (unpaired) electrons. The molecule has 5 N–H and O–H groups in total. The molecule has 1 aliphatic heterocycles. The maximum atomic E-state index is 11.3. The fraction of sp³-hybridized carbons (Fsp3) is 0.600. The Hall–Kier alpha value is -1.12. The van der Waals surface area contributed by atoms with Crippen LogP contribution in [0, 0.1) is 0 Å². The summed E-state index contributed by atoms with van der Waals surface area (Å²) >= 11 is 3.20. The van der Waals surface area contributed by atoms with E-state index in [-0.39, 0.29) is 17.6 Å². The second kappa shape index (κ2) is 5.25. The number of rotatable bonds is 4. The largest absolute Gasteiger partial charge is 0.383 e. The number of carbonyl (C=O) groups excluding carboxylic acids is 1. The smallest absolute Gasteiger partial charge is 0.255 e. The van der Waals surface area contributed by atoms with Gasteiger partial charge >= 0.3 is 0 Å². The van der Waals surface area contributed by atoms with Crippen LogP contribution in [-0.2, 0) is 4.74 Å². The minimum absolute atomic E-state index is 0.106. The lowest BCUT2D eigenvalue weighted by atomic mass is 10.2. The lowest BCUT2D eigenvalue weighted by Gasteiger charge is -2.12. The number of nitrogens with one attached hydrogen (secondary N) is 1. The van der Waals surface area contributed by atoms with Crippen molar-refractivity contribution in [2.24, 2.45) is 5.73 Å². The average Bonchev–Trinajstić information content (AvgIpc) is 2.84. The van der Waals surface area contributed by atoms with Crippen molar-refractivity contribution in [2.75, 3.05) is 26.0 Å². The van der Waals surface area contributed by atoms with E-state index in [1.54, 1.807) is 11.8 Å². The normalized spacial score (nSPS) is 23.4. The summed E-state index contributed by atoms with van der Waals surface area (Å²) in [6.07, 6.45) is 0.852. The number of nitrogen functional groups attached to an aromatic ring is 1. The molecule has 1 fully saturated rings. The molecule has 2 heterocycles. The van der Waals surface area contributed by atoms with Crippen molar-refractivity contribution in [2.45, 2.75) is 18.5 Å². The number of amides is 1. The Balaban J connectivity index is 2.20. The predicted molar refractivity (Wildman–Crippen MR) is 70.2 cm³/mol. The van der Waals surface area contributed by atoms with Gasteiger partial charge < -0.3 is 21.5 Å². The fourth-order valence-corrected chi connectivity index (χ4v) is 2.81. The molecule has 18 heavy (non-hydrogen) atoms. The highest BCUT2D eigenvalue weighted by Crippen LogP contribution is 2.28. The third-order valence-electron chi connectivity index (χ3n) is 3.06. The minimum Gasteiger partial charge on any atom is -0.383 e. The zero-order valence-corrected chi connectivity index (χ0v) is 11.6. The Kier molecular flexibility index (Phi) is 3.88. The molecule has 2 rings (SSSR count). The zero-order valence-electron chi connectivity index (χ0n) is 10.0. The minimum atomic E-state index is -0.579. The van der Waals surface area contributed by atoms with Gasteiger partial charge in [0.05, 0.1) is 12.6 Å². The van der Waals surface area contributed by atoms with Gasteiger partial charge in [-0.3, -0.25) is 4.79 Å². The van der Waals surface area contributed by atoms with Crippen molar-refractivity contribution < 1.29 is 9.53 Å². The van der Waals surface area contributed by atoms with Gasteiger partial charge in [-0.05, 0) is 22.4 Å². The van der Waals surface area contributed by atoms with Crippen LogP contribution in [0.3, 0.4) is 0 Å². The van der Waals surface area contributed by atoms with Gasteiger partial charge in [0.15, 0.2) is 0 Å². The van der Waals surface area contributed by atoms with Crippen molar-refractivity contribution in [3.8, 4) is 0 Å². The molecular formula is C10H16BrN5O2. The van der Waals surface area contributed by atoms with Gasteiger partial charge in [0.25, 0.3) is 5.91 Å². The highest BCUT2D eigenvalue weighted by molar-refractivity contribution is 9.10. The summed E-state index contributed by atoms with van der Waals surface area (Å²) in [7, 11) is 1.67. The number of ether oxygens (including phenoxy) is 1. The second-order valence-corrected chi connectivity index (χ2v) is 5.06. The van der Waals surface area contributed by atoms with Gasteiger partial charge in [0, 0.05) is 19.7 Å². The summed E-state index contributed by atoms with van der Waals surface area (Å²) in [5.41, 5.74) is 11.4. The molecule has 0 aromatic carbocycles. The number of methoxy groups -OCH3 is 1. The van der Waals surface area contributed by atoms with E-state index in [1.165, 1.54) is 0 Å². The van der Waals surface area contributed by atoms with Crippen LogP contribution in [0.2, 0.25) is 0 Å². The van der Waals surface area contributed by atoms with Crippen molar-refractivity contribution in [1.29, 1.82) is 0 Å². The Morgan fingerprint density at radius 2 is 2.44 bits per heavy atom. The van der Waals surface area contributed by atoms with Crippen LogP contribution in [0.1, 0.15) is 22.8 Å². The molecule has 1 aliphatic rings. The number of carbonyl (C=O) groups is 1. The van der Waals surface area contributed by atoms with E-state index in [1.807, 2.05) is 0 Å². The van der Waals surface area contributed by atoms with Crippen molar-refractivity contribution in [1.82, 2.24) is 15.1 Å². The topological polar surface area (TPSA) is 108 Å². The van der Waals surface area contributed by atoms with Gasteiger partial charge in [0.2, 0.25) is 0 Å². The Labute approximate surface area is 113 Å². The van der Waals surface area contributed by atoms with Gasteiger partial charge in [-0.1, -0.05) is 0 Å². The van der Waals surface area contributed by atoms with Crippen LogP contribution in [0.4, 0.5) is 5.82 Å². The third-order valence-corrected chi connectivity index (χ3v) is 3.62. The van der Waals surface area contributed by atoms with E-state index < -0.39 is 5.91 Å². The first-order valence-corrected chi connectivity index (χ1v) is 6.39. The lowest BCUT2D eigenvalue weighted by Crippen LogP contribution is -2.25. The molecule has 1 amide bonds. The first-order valence-electron chi connectivity index (χ1n) is 5.60. The number of aromatic nitrogens is 2. The van der Waals surface area contributed by atoms with Crippen LogP contribution in [0.25, 0.3) is 0 Å². The highest BCUT2D eigenvalue weighted by Gasteiger charge is 2.29. The lowest BCUT2D eigenvalue weighted by molar-refractivity contribution is 0.100. The maximum absolute atomic E-state index is 11.3. The van der Waals surface area contributed by atoms with Gasteiger partial charge in [-0.25, -0.2) is 4.68 Å². The number of hydrogen-bond acceptors (Lipinski definition) is 5. The second-order valence-electron chi connectivity index (χ2n) is 4.31.